The third-order valence-corrected chi connectivity index (χ3v) is 5.83. The monoisotopic (exact) mass is 551 g/mol. The Morgan fingerprint density at radius 2 is 1.75 bits per heavy atom. The van der Waals surface area contributed by atoms with Crippen LogP contribution in [0, 0.1) is 5.41 Å². The molecule has 212 valence electrons. The number of nitrogens with two attached hydrogens (primary N) is 1. The van der Waals surface area contributed by atoms with Crippen LogP contribution in [0.5, 0.6) is 11.5 Å². The number of nitrogens with one attached hydrogen (secondary N) is 4. The number of amidine groups is 1. The summed E-state index contributed by atoms with van der Waals surface area (Å²) in [5.41, 5.74) is 8.80. The fourth-order valence-corrected chi connectivity index (χ4v) is 3.84. The average molecular weight is 552 g/mol. The summed E-state index contributed by atoms with van der Waals surface area (Å²) >= 11 is 0. The predicted molar refractivity (Wildman–Crippen MR) is 152 cm³/mol. The molecular weight excluding hydrogens is 518 g/mol. The largest absolute Gasteiger partial charge is 0.490 e. The molecule has 0 unspecified atom stereocenters. The molecule has 1 atom stereocenters. The van der Waals surface area contributed by atoms with Crippen LogP contribution in [0.3, 0.4) is 0 Å². The van der Waals surface area contributed by atoms with Crippen molar-refractivity contribution >= 4 is 34.8 Å². The van der Waals surface area contributed by atoms with Crippen molar-refractivity contribution in [1.82, 2.24) is 0 Å². The Balaban J connectivity index is 1.95. The molecule has 0 fully saturated rings. The highest BCUT2D eigenvalue weighted by atomic mass is 16.5. The summed E-state index contributed by atoms with van der Waals surface area (Å²) in [6.45, 7) is 0.903. The lowest BCUT2D eigenvalue weighted by atomic mass is 10.0. The Labute approximate surface area is 231 Å². The van der Waals surface area contributed by atoms with Gasteiger partial charge >= 0.3 is 5.97 Å². The number of carbonyl (C=O) groups is 2. The van der Waals surface area contributed by atoms with Crippen LogP contribution in [-0.4, -0.2) is 59.9 Å². The summed E-state index contributed by atoms with van der Waals surface area (Å²) in [5.74, 6) is -1.30. The summed E-state index contributed by atoms with van der Waals surface area (Å²) in [4.78, 5) is 24.5. The minimum atomic E-state index is -1.20. The van der Waals surface area contributed by atoms with E-state index in [-0.39, 0.29) is 30.5 Å². The number of anilines is 3. The second-order valence-electron chi connectivity index (χ2n) is 8.63. The van der Waals surface area contributed by atoms with E-state index in [0.29, 0.717) is 39.3 Å². The molecule has 0 aliphatic rings. The highest BCUT2D eigenvalue weighted by molar-refractivity contribution is 6.09. The number of aliphatic hydroxyl groups excluding tert-OH is 2. The Bertz CT molecular complexity index is 1360. The Kier molecular flexibility index (Phi) is 10.3. The molecule has 0 aliphatic heterocycles. The molecule has 0 radical (unpaired) electrons. The molecule has 12 nitrogen and oxygen atoms in total. The van der Waals surface area contributed by atoms with Gasteiger partial charge in [0.15, 0.2) is 18.1 Å². The van der Waals surface area contributed by atoms with Gasteiger partial charge in [-0.05, 0) is 67.1 Å². The molecule has 0 aliphatic carbocycles. The smallest absolute Gasteiger partial charge is 0.341 e. The van der Waals surface area contributed by atoms with E-state index >= 15 is 0 Å². The van der Waals surface area contributed by atoms with E-state index in [1.165, 1.54) is 6.07 Å². The lowest BCUT2D eigenvalue weighted by Gasteiger charge is -2.20. The quantitative estimate of drug-likeness (QED) is 0.109. The minimum absolute atomic E-state index is 0.0630. The van der Waals surface area contributed by atoms with Crippen molar-refractivity contribution in [3.8, 4) is 11.5 Å². The molecule has 9 N–H and O–H groups in total. The van der Waals surface area contributed by atoms with Gasteiger partial charge in [0.05, 0.1) is 18.8 Å². The van der Waals surface area contributed by atoms with Crippen LogP contribution < -0.4 is 31.2 Å². The molecule has 0 bridgehead atoms. The van der Waals surface area contributed by atoms with E-state index in [9.17, 15) is 19.8 Å². The first kappa shape index (κ1) is 29.7. The van der Waals surface area contributed by atoms with E-state index < -0.39 is 31.2 Å². The maximum Gasteiger partial charge on any atom is 0.341 e. The number of ether oxygens (including phenoxy) is 2. The number of carboxylic acid groups (broad SMARTS) is 1. The fourth-order valence-electron chi connectivity index (χ4n) is 3.84. The lowest BCUT2D eigenvalue weighted by Crippen LogP contribution is -2.17. The molecule has 12 heteroatoms. The first-order valence-corrected chi connectivity index (χ1v) is 12.4. The van der Waals surface area contributed by atoms with Crippen molar-refractivity contribution < 1.29 is 34.4 Å². The highest BCUT2D eigenvalue weighted by Crippen LogP contribution is 2.36. The average Bonchev–Trinajstić information content (AvgIpc) is 2.95. The lowest BCUT2D eigenvalue weighted by molar-refractivity contribution is -0.139. The highest BCUT2D eigenvalue weighted by Gasteiger charge is 2.20. The topological polar surface area (TPSA) is 199 Å². The SMILES string of the molecule is CCOc1cc([C@H](O)CO)cc(CNc2ccc(NC)cc2C(=O)Nc2ccc(C(=N)N)cc2)c1OCC(=O)O. The second-order valence-corrected chi connectivity index (χ2v) is 8.63. The molecule has 0 spiro atoms. The van der Waals surface area contributed by atoms with E-state index in [4.69, 9.17) is 25.7 Å². The van der Waals surface area contributed by atoms with Crippen molar-refractivity contribution in [2.24, 2.45) is 5.73 Å². The molecule has 1 amide bonds. The summed E-state index contributed by atoms with van der Waals surface area (Å²) in [7, 11) is 1.73. The molecule has 0 aromatic heterocycles. The molecule has 3 aromatic carbocycles. The van der Waals surface area contributed by atoms with Crippen molar-refractivity contribution in [3.05, 3.63) is 76.9 Å². The van der Waals surface area contributed by atoms with Crippen LogP contribution in [0.2, 0.25) is 0 Å². The maximum atomic E-state index is 13.3. The van der Waals surface area contributed by atoms with Crippen molar-refractivity contribution in [1.29, 1.82) is 5.41 Å². The molecule has 0 saturated carbocycles. The molecular formula is C28H33N5O7. The first-order chi connectivity index (χ1) is 19.2. The Morgan fingerprint density at radius 1 is 1.05 bits per heavy atom. The fraction of sp³-hybridized carbons (Fsp3) is 0.250. The summed E-state index contributed by atoms with van der Waals surface area (Å²) in [5, 5.41) is 45.5. The normalized spacial score (nSPS) is 11.3. The number of hydrogen-bond donors (Lipinski definition) is 8. The predicted octanol–water partition coefficient (Wildman–Crippen LogP) is 2.76. The zero-order chi connectivity index (χ0) is 29.2. The number of carbonyl (C=O) groups excluding carboxylic acids is 1. The van der Waals surface area contributed by atoms with Gasteiger partial charge < -0.3 is 46.5 Å². The van der Waals surface area contributed by atoms with Crippen molar-refractivity contribution in [2.75, 3.05) is 42.8 Å². The summed E-state index contributed by atoms with van der Waals surface area (Å²) < 4.78 is 11.2. The van der Waals surface area contributed by atoms with Gasteiger partial charge in [-0.3, -0.25) is 10.2 Å². The second kappa shape index (κ2) is 13.8. The maximum absolute atomic E-state index is 13.3. The van der Waals surface area contributed by atoms with Crippen LogP contribution in [0.25, 0.3) is 0 Å². The standard InChI is InChI=1S/C28H33N5O7/c1-3-39-24-11-17(23(35)14-34)10-18(26(24)40-15-25(36)37)13-32-22-9-8-20(31-2)12-21(22)28(38)33-19-6-4-16(5-7-19)27(29)30/h4-12,23,31-32,34-35H,3,13-15H2,1-2H3,(H3,29,30)(H,33,38)(H,36,37)/t23-/m1/s1. The van der Waals surface area contributed by atoms with Gasteiger partial charge in [-0.2, -0.15) is 0 Å². The molecule has 0 heterocycles. The third-order valence-electron chi connectivity index (χ3n) is 5.83. The van der Waals surface area contributed by atoms with Crippen molar-refractivity contribution in [3.63, 3.8) is 0 Å². The number of nitrogen functional groups attached to an aromatic ring is 1. The molecule has 3 aromatic rings. The van der Waals surface area contributed by atoms with Gasteiger partial charge in [-0.15, -0.1) is 0 Å². The van der Waals surface area contributed by atoms with Gasteiger partial charge in [0.1, 0.15) is 11.9 Å². The van der Waals surface area contributed by atoms with E-state index in [1.54, 1.807) is 62.5 Å². The first-order valence-electron chi connectivity index (χ1n) is 12.4. The third kappa shape index (κ3) is 7.62. The number of aliphatic hydroxyl groups is 2. The van der Waals surface area contributed by atoms with Gasteiger partial charge in [0.25, 0.3) is 5.91 Å². The number of rotatable bonds is 14. The number of carboxylic acids is 1. The van der Waals surface area contributed by atoms with Crippen molar-refractivity contribution in [2.45, 2.75) is 19.6 Å². The van der Waals surface area contributed by atoms with Crippen LogP contribution in [0.1, 0.15) is 40.1 Å². The Morgan fingerprint density at radius 3 is 2.35 bits per heavy atom. The summed E-state index contributed by atoms with van der Waals surface area (Å²) in [6, 6.07) is 14.8. The van der Waals surface area contributed by atoms with E-state index in [0.717, 1.165) is 0 Å². The van der Waals surface area contributed by atoms with Gasteiger partial charge in [0, 0.05) is 41.8 Å². The number of amides is 1. The number of hydrogen-bond acceptors (Lipinski definition) is 9. The number of aliphatic carboxylic acids is 1. The van der Waals surface area contributed by atoms with Gasteiger partial charge in [-0.25, -0.2) is 4.79 Å². The zero-order valence-electron chi connectivity index (χ0n) is 22.2. The van der Waals surface area contributed by atoms with Gasteiger partial charge in [0.2, 0.25) is 0 Å². The van der Waals surface area contributed by atoms with E-state index in [1.807, 2.05) is 0 Å². The summed E-state index contributed by atoms with van der Waals surface area (Å²) in [6.07, 6.45) is -1.20. The van der Waals surface area contributed by atoms with Gasteiger partial charge in [-0.1, -0.05) is 0 Å². The van der Waals surface area contributed by atoms with Crippen LogP contribution in [0.4, 0.5) is 17.1 Å². The van der Waals surface area contributed by atoms with E-state index in [2.05, 4.69) is 16.0 Å². The van der Waals surface area contributed by atoms with Crippen LogP contribution in [-0.2, 0) is 11.3 Å². The number of benzene rings is 3. The molecule has 3 rings (SSSR count). The molecule has 0 saturated heterocycles. The Hall–Kier alpha value is -4.81. The molecule has 40 heavy (non-hydrogen) atoms. The minimum Gasteiger partial charge on any atom is -0.490 e. The van der Waals surface area contributed by atoms with Crippen LogP contribution in [0.15, 0.2) is 54.6 Å². The van der Waals surface area contributed by atoms with Crippen LogP contribution >= 0.6 is 0 Å². The zero-order valence-corrected chi connectivity index (χ0v) is 22.2.